The molecule has 0 spiro atoms. The Hall–Kier alpha value is -5.42. The van der Waals surface area contributed by atoms with Crippen molar-refractivity contribution in [3.63, 3.8) is 0 Å². The van der Waals surface area contributed by atoms with Crippen LogP contribution in [0.25, 0.3) is 106 Å². The van der Waals surface area contributed by atoms with Crippen molar-refractivity contribution >= 4 is 107 Å². The first kappa shape index (κ1) is 24.8. The Kier molecular flexibility index (Phi) is 4.90. The quantitative estimate of drug-likeness (QED) is 0.192. The number of para-hydroxylation sites is 1. The predicted molar refractivity (Wildman–Crippen MR) is 198 cm³/mol. The summed E-state index contributed by atoms with van der Waals surface area (Å²) < 4.78 is 17.9. The lowest BCUT2D eigenvalue weighted by Crippen LogP contribution is -1.81. The van der Waals surface area contributed by atoms with Gasteiger partial charge in [-0.3, -0.25) is 0 Å². The Labute approximate surface area is 270 Å². The molecule has 4 heterocycles. The number of rotatable bonds is 2. The van der Waals surface area contributed by atoms with Gasteiger partial charge in [-0.05, 0) is 82.9 Å². The van der Waals surface area contributed by atoms with Crippen LogP contribution in [-0.2, 0) is 0 Å². The van der Waals surface area contributed by atoms with E-state index in [9.17, 15) is 0 Å². The molecule has 11 rings (SSSR count). The van der Waals surface area contributed by atoms with Crippen molar-refractivity contribution in [3.05, 3.63) is 133 Å². The van der Waals surface area contributed by atoms with Crippen LogP contribution < -0.4 is 0 Å². The van der Waals surface area contributed by atoms with Crippen LogP contribution in [0.15, 0.2) is 142 Å². The molecule has 214 valence electrons. The van der Waals surface area contributed by atoms with Gasteiger partial charge >= 0.3 is 0 Å². The Balaban J connectivity index is 1.01. The van der Waals surface area contributed by atoms with Gasteiger partial charge in [0.25, 0.3) is 0 Å². The molecule has 0 saturated carbocycles. The van der Waals surface area contributed by atoms with Crippen LogP contribution in [0.5, 0.6) is 0 Å². The first-order valence-electron chi connectivity index (χ1n) is 15.4. The van der Waals surface area contributed by atoms with E-state index in [1.54, 1.807) is 0 Å². The normalized spacial score (nSPS) is 12.3. The van der Waals surface area contributed by atoms with Crippen LogP contribution in [-0.4, -0.2) is 0 Å². The van der Waals surface area contributed by atoms with Gasteiger partial charge in [-0.2, -0.15) is 0 Å². The summed E-state index contributed by atoms with van der Waals surface area (Å²) in [6.07, 6.45) is 0. The second-order valence-electron chi connectivity index (χ2n) is 12.1. The van der Waals surface area contributed by atoms with E-state index in [0.29, 0.717) is 0 Å². The summed E-state index contributed by atoms with van der Waals surface area (Å²) >= 11 is 3.77. The maximum atomic E-state index is 6.31. The van der Waals surface area contributed by atoms with Crippen molar-refractivity contribution in [3.8, 4) is 22.3 Å². The van der Waals surface area contributed by atoms with Crippen LogP contribution in [0.4, 0.5) is 0 Å². The number of hydrogen-bond donors (Lipinski definition) is 0. The fraction of sp³-hybridized carbons (Fsp3) is 0. The lowest BCUT2D eigenvalue weighted by atomic mass is 9.97. The molecule has 11 aromatic rings. The topological polar surface area (TPSA) is 26.3 Å². The molecule has 0 aliphatic carbocycles. The van der Waals surface area contributed by atoms with Crippen molar-refractivity contribution < 1.29 is 8.83 Å². The van der Waals surface area contributed by atoms with E-state index in [1.807, 2.05) is 40.9 Å². The van der Waals surface area contributed by atoms with Gasteiger partial charge in [0.2, 0.25) is 0 Å². The first-order valence-corrected chi connectivity index (χ1v) is 17.0. The first-order chi connectivity index (χ1) is 22.7. The molecular weight excluding hydrogens is 601 g/mol. The maximum absolute atomic E-state index is 6.31. The Morgan fingerprint density at radius 3 is 1.52 bits per heavy atom. The third kappa shape index (κ3) is 3.45. The van der Waals surface area contributed by atoms with Gasteiger partial charge in [0.05, 0.1) is 0 Å². The summed E-state index contributed by atoms with van der Waals surface area (Å²) in [4.78, 5) is 0. The fourth-order valence-electron chi connectivity index (χ4n) is 7.29. The van der Waals surface area contributed by atoms with Gasteiger partial charge < -0.3 is 8.83 Å². The standard InChI is InChI=1S/C42H22O2S2/c1-3-7-33-27(5-1)30-21-36-31(22-35(30)43-33)29-19-25(13-15-34(29)44-36)23-9-11-24(12-10-23)26-14-16-38-32(20-26)42-40(46-38)18-17-39-41(42)28-6-2-4-8-37(28)45-39/h1-22H. The molecule has 0 fully saturated rings. The van der Waals surface area contributed by atoms with Gasteiger partial charge in [0, 0.05) is 61.9 Å². The molecule has 46 heavy (non-hydrogen) atoms. The SMILES string of the molecule is c1ccc2c(c1)oc1cc3c(cc12)oc1ccc(-c2ccc(-c4ccc5sc6ccc7sc8ccccc8c7c6c5c4)cc2)cc13. The van der Waals surface area contributed by atoms with Gasteiger partial charge in [-0.25, -0.2) is 0 Å². The van der Waals surface area contributed by atoms with Gasteiger partial charge in [0.1, 0.15) is 22.3 Å². The maximum Gasteiger partial charge on any atom is 0.136 e. The molecule has 0 radical (unpaired) electrons. The molecule has 0 N–H and O–H groups in total. The summed E-state index contributed by atoms with van der Waals surface area (Å²) in [5.74, 6) is 0. The second-order valence-corrected chi connectivity index (χ2v) is 14.2. The highest BCUT2D eigenvalue weighted by atomic mass is 32.1. The zero-order valence-electron chi connectivity index (χ0n) is 24.3. The number of hydrogen-bond acceptors (Lipinski definition) is 4. The molecule has 2 nitrogen and oxygen atoms in total. The number of thiophene rings is 2. The Bertz CT molecular complexity index is 3020. The molecule has 0 aliphatic heterocycles. The van der Waals surface area contributed by atoms with E-state index >= 15 is 0 Å². The summed E-state index contributed by atoms with van der Waals surface area (Å²) in [7, 11) is 0. The third-order valence-electron chi connectivity index (χ3n) is 9.49. The minimum absolute atomic E-state index is 0.880. The monoisotopic (exact) mass is 622 g/mol. The highest BCUT2D eigenvalue weighted by Crippen LogP contribution is 2.45. The predicted octanol–water partition coefficient (Wildman–Crippen LogP) is 13.6. The molecular formula is C42H22O2S2. The average Bonchev–Trinajstić information content (AvgIpc) is 3.86. The number of furan rings is 2. The van der Waals surface area contributed by atoms with Crippen LogP contribution in [0, 0.1) is 0 Å². The molecule has 0 atom stereocenters. The van der Waals surface area contributed by atoms with E-state index in [4.69, 9.17) is 8.83 Å². The molecule has 0 amide bonds. The van der Waals surface area contributed by atoms with E-state index in [0.717, 1.165) is 49.4 Å². The molecule has 0 bridgehead atoms. The number of benzene rings is 7. The lowest BCUT2D eigenvalue weighted by molar-refractivity contribution is 0.664. The van der Waals surface area contributed by atoms with Gasteiger partial charge in [-0.15, -0.1) is 22.7 Å². The van der Waals surface area contributed by atoms with Crippen molar-refractivity contribution in [2.24, 2.45) is 0 Å². The summed E-state index contributed by atoms with van der Waals surface area (Å²) in [6.45, 7) is 0. The van der Waals surface area contributed by atoms with E-state index in [2.05, 4.69) is 115 Å². The molecule has 4 aromatic heterocycles. The lowest BCUT2D eigenvalue weighted by Gasteiger charge is -2.06. The highest BCUT2D eigenvalue weighted by molar-refractivity contribution is 7.28. The van der Waals surface area contributed by atoms with E-state index < -0.39 is 0 Å². The number of fused-ring (bicyclic) bond motifs is 13. The van der Waals surface area contributed by atoms with Gasteiger partial charge in [-0.1, -0.05) is 72.8 Å². The smallest absolute Gasteiger partial charge is 0.136 e. The minimum atomic E-state index is 0.880. The third-order valence-corrected chi connectivity index (χ3v) is 11.8. The zero-order chi connectivity index (χ0) is 29.9. The molecule has 4 heteroatoms. The molecule has 0 aliphatic rings. The van der Waals surface area contributed by atoms with Crippen LogP contribution in [0.2, 0.25) is 0 Å². The van der Waals surface area contributed by atoms with E-state index in [-0.39, 0.29) is 0 Å². The van der Waals surface area contributed by atoms with Crippen LogP contribution >= 0.6 is 22.7 Å². The molecule has 0 saturated heterocycles. The van der Waals surface area contributed by atoms with Crippen molar-refractivity contribution in [1.29, 1.82) is 0 Å². The van der Waals surface area contributed by atoms with Crippen molar-refractivity contribution in [1.82, 2.24) is 0 Å². The average molecular weight is 623 g/mol. The Morgan fingerprint density at radius 2 is 0.783 bits per heavy atom. The largest absolute Gasteiger partial charge is 0.456 e. The van der Waals surface area contributed by atoms with E-state index in [1.165, 1.54) is 57.0 Å². The minimum Gasteiger partial charge on any atom is -0.456 e. The molecule has 7 aromatic carbocycles. The summed E-state index contributed by atoms with van der Waals surface area (Å²) in [5, 5.41) is 9.83. The highest BCUT2D eigenvalue weighted by Gasteiger charge is 2.16. The zero-order valence-corrected chi connectivity index (χ0v) is 26.0. The van der Waals surface area contributed by atoms with Crippen LogP contribution in [0.3, 0.4) is 0 Å². The summed E-state index contributed by atoms with van der Waals surface area (Å²) in [6, 6.07) is 48.2. The van der Waals surface area contributed by atoms with Crippen molar-refractivity contribution in [2.45, 2.75) is 0 Å². The Morgan fingerprint density at radius 1 is 0.304 bits per heavy atom. The summed E-state index contributed by atoms with van der Waals surface area (Å²) in [5.41, 5.74) is 8.35. The second kappa shape index (κ2) is 9.07. The van der Waals surface area contributed by atoms with Crippen molar-refractivity contribution in [2.75, 3.05) is 0 Å². The van der Waals surface area contributed by atoms with Gasteiger partial charge in [0.15, 0.2) is 0 Å². The fourth-order valence-corrected chi connectivity index (χ4v) is 9.50. The van der Waals surface area contributed by atoms with Crippen LogP contribution in [0.1, 0.15) is 0 Å². The molecule has 0 unspecified atom stereocenters.